The number of pyridine rings is 1. The summed E-state index contributed by atoms with van der Waals surface area (Å²) in [4.78, 5) is 11.6. The van der Waals surface area contributed by atoms with Gasteiger partial charge in [0.1, 0.15) is 0 Å². The molecule has 0 aliphatic heterocycles. The summed E-state index contributed by atoms with van der Waals surface area (Å²) in [5, 5.41) is 12.3. The van der Waals surface area contributed by atoms with Crippen molar-refractivity contribution in [3.8, 4) is 6.07 Å². The Morgan fingerprint density at radius 1 is 1.25 bits per heavy atom. The van der Waals surface area contributed by atoms with Gasteiger partial charge in [0.25, 0.3) is 5.56 Å². The number of benzene rings is 1. The molecule has 2 rings (SSSR count). The normalized spacial score (nSPS) is 10.0. The van der Waals surface area contributed by atoms with E-state index in [0.717, 1.165) is 17.7 Å². The number of aryl methyl sites for hydroxylation is 1. The highest BCUT2D eigenvalue weighted by Crippen LogP contribution is 2.11. The molecule has 0 radical (unpaired) electrons. The third-order valence-electron chi connectivity index (χ3n) is 3.07. The van der Waals surface area contributed by atoms with Gasteiger partial charge in [-0.05, 0) is 24.1 Å². The number of nitriles is 1. The molecule has 0 atom stereocenters. The summed E-state index contributed by atoms with van der Waals surface area (Å²) in [6.45, 7) is 3.31. The molecule has 0 spiro atoms. The Morgan fingerprint density at radius 2 is 2.05 bits per heavy atom. The van der Waals surface area contributed by atoms with Crippen LogP contribution in [-0.4, -0.2) is 4.57 Å². The lowest BCUT2D eigenvalue weighted by Gasteiger charge is -2.10. The fourth-order valence-electron chi connectivity index (χ4n) is 2.03. The van der Waals surface area contributed by atoms with Crippen LogP contribution < -0.4 is 10.9 Å². The lowest BCUT2D eigenvalue weighted by atomic mass is 10.1. The van der Waals surface area contributed by atoms with Gasteiger partial charge in [-0.3, -0.25) is 4.79 Å². The minimum atomic E-state index is 0.00910. The third kappa shape index (κ3) is 3.27. The Morgan fingerprint density at radius 3 is 2.80 bits per heavy atom. The summed E-state index contributed by atoms with van der Waals surface area (Å²) >= 11 is 0. The van der Waals surface area contributed by atoms with E-state index in [0.29, 0.717) is 18.7 Å². The minimum absolute atomic E-state index is 0.00910. The van der Waals surface area contributed by atoms with Crippen molar-refractivity contribution in [1.29, 1.82) is 5.26 Å². The maximum Gasteiger partial charge on any atom is 0.250 e. The standard InChI is InChI=1S/C16H17N3O/c1-2-9-19-12-15(7-8-16(19)20)18-11-14-6-4-3-5-13(14)10-17/h3-8,12,18H,2,9,11H2,1H3. The molecule has 0 bridgehead atoms. The zero-order chi connectivity index (χ0) is 14.4. The Bertz CT molecular complexity index is 683. The Balaban J connectivity index is 2.13. The lowest BCUT2D eigenvalue weighted by molar-refractivity contribution is 0.655. The van der Waals surface area contributed by atoms with Crippen LogP contribution in [0.1, 0.15) is 24.5 Å². The van der Waals surface area contributed by atoms with Gasteiger partial charge in [-0.25, -0.2) is 0 Å². The van der Waals surface area contributed by atoms with Crippen LogP contribution >= 0.6 is 0 Å². The van der Waals surface area contributed by atoms with Crippen LogP contribution in [0.3, 0.4) is 0 Å². The van der Waals surface area contributed by atoms with E-state index in [4.69, 9.17) is 5.26 Å². The average molecular weight is 267 g/mol. The Labute approximate surface area is 118 Å². The van der Waals surface area contributed by atoms with Gasteiger partial charge in [-0.15, -0.1) is 0 Å². The Hall–Kier alpha value is -2.54. The van der Waals surface area contributed by atoms with E-state index in [1.807, 2.05) is 31.3 Å². The van der Waals surface area contributed by atoms with Crippen LogP contribution in [0.15, 0.2) is 47.4 Å². The largest absolute Gasteiger partial charge is 0.380 e. The SMILES string of the molecule is CCCn1cc(NCc2ccccc2C#N)ccc1=O. The van der Waals surface area contributed by atoms with Gasteiger partial charge in [-0.1, -0.05) is 25.1 Å². The van der Waals surface area contributed by atoms with Crippen LogP contribution in [0.25, 0.3) is 0 Å². The molecule has 102 valence electrons. The van der Waals surface area contributed by atoms with Crippen molar-refractivity contribution in [1.82, 2.24) is 4.57 Å². The van der Waals surface area contributed by atoms with Crippen LogP contribution in [-0.2, 0) is 13.1 Å². The molecule has 0 fully saturated rings. The van der Waals surface area contributed by atoms with E-state index in [1.165, 1.54) is 0 Å². The zero-order valence-electron chi connectivity index (χ0n) is 11.5. The number of hydrogen-bond donors (Lipinski definition) is 1. The second-order valence-corrected chi connectivity index (χ2v) is 4.57. The first kappa shape index (κ1) is 13.9. The summed E-state index contributed by atoms with van der Waals surface area (Å²) in [6.07, 6.45) is 2.74. The molecule has 0 saturated carbocycles. The molecule has 4 heteroatoms. The average Bonchev–Trinajstić information content (AvgIpc) is 2.48. The third-order valence-corrected chi connectivity index (χ3v) is 3.07. The van der Waals surface area contributed by atoms with Gasteiger partial charge in [0.2, 0.25) is 0 Å². The molecule has 0 saturated heterocycles. The fourth-order valence-corrected chi connectivity index (χ4v) is 2.03. The maximum atomic E-state index is 11.6. The van der Waals surface area contributed by atoms with E-state index in [-0.39, 0.29) is 5.56 Å². The van der Waals surface area contributed by atoms with Crippen molar-refractivity contribution in [3.63, 3.8) is 0 Å². The number of nitrogens with one attached hydrogen (secondary N) is 1. The van der Waals surface area contributed by atoms with E-state index in [1.54, 1.807) is 22.8 Å². The molecule has 2 aromatic rings. The van der Waals surface area contributed by atoms with Gasteiger partial charge >= 0.3 is 0 Å². The van der Waals surface area contributed by atoms with E-state index in [9.17, 15) is 4.79 Å². The first-order valence-electron chi connectivity index (χ1n) is 6.67. The van der Waals surface area contributed by atoms with Crippen molar-refractivity contribution < 1.29 is 0 Å². The van der Waals surface area contributed by atoms with Crippen LogP contribution in [0.4, 0.5) is 5.69 Å². The minimum Gasteiger partial charge on any atom is -0.380 e. The molecule has 0 amide bonds. The highest BCUT2D eigenvalue weighted by Gasteiger charge is 2.02. The summed E-state index contributed by atoms with van der Waals surface area (Å²) in [6, 6.07) is 13.0. The molecule has 0 aliphatic carbocycles. The van der Waals surface area contributed by atoms with Gasteiger partial charge < -0.3 is 9.88 Å². The number of anilines is 1. The lowest BCUT2D eigenvalue weighted by Crippen LogP contribution is -2.18. The van der Waals surface area contributed by atoms with Crippen LogP contribution in [0.2, 0.25) is 0 Å². The van der Waals surface area contributed by atoms with E-state index >= 15 is 0 Å². The molecule has 0 aliphatic rings. The molecule has 1 heterocycles. The molecule has 1 N–H and O–H groups in total. The first-order valence-corrected chi connectivity index (χ1v) is 6.67. The highest BCUT2D eigenvalue weighted by molar-refractivity contribution is 5.44. The molecular formula is C16H17N3O. The van der Waals surface area contributed by atoms with Crippen LogP contribution in [0, 0.1) is 11.3 Å². The molecule has 1 aromatic heterocycles. The van der Waals surface area contributed by atoms with Crippen molar-refractivity contribution in [2.75, 3.05) is 5.32 Å². The molecule has 20 heavy (non-hydrogen) atoms. The molecule has 0 unspecified atom stereocenters. The first-order chi connectivity index (χ1) is 9.74. The van der Waals surface area contributed by atoms with Gasteiger partial charge in [-0.2, -0.15) is 5.26 Å². The van der Waals surface area contributed by atoms with Crippen molar-refractivity contribution in [2.45, 2.75) is 26.4 Å². The second-order valence-electron chi connectivity index (χ2n) is 4.57. The van der Waals surface area contributed by atoms with Gasteiger partial charge in [0.05, 0.1) is 17.3 Å². The summed E-state index contributed by atoms with van der Waals surface area (Å²) in [7, 11) is 0. The number of aromatic nitrogens is 1. The monoisotopic (exact) mass is 267 g/mol. The second kappa shape index (κ2) is 6.58. The maximum absolute atomic E-state index is 11.6. The van der Waals surface area contributed by atoms with Crippen molar-refractivity contribution in [2.24, 2.45) is 0 Å². The smallest absolute Gasteiger partial charge is 0.250 e. The van der Waals surface area contributed by atoms with Crippen molar-refractivity contribution >= 4 is 5.69 Å². The Kier molecular flexibility index (Phi) is 4.56. The topological polar surface area (TPSA) is 57.8 Å². The van der Waals surface area contributed by atoms with Crippen LogP contribution in [0.5, 0.6) is 0 Å². The van der Waals surface area contributed by atoms with E-state index in [2.05, 4.69) is 11.4 Å². The number of hydrogen-bond acceptors (Lipinski definition) is 3. The molecule has 1 aromatic carbocycles. The van der Waals surface area contributed by atoms with Gasteiger partial charge in [0.15, 0.2) is 0 Å². The predicted molar refractivity (Wildman–Crippen MR) is 79.5 cm³/mol. The summed E-state index contributed by atoms with van der Waals surface area (Å²) in [5.41, 5.74) is 2.51. The molecular weight excluding hydrogens is 250 g/mol. The zero-order valence-corrected chi connectivity index (χ0v) is 11.5. The van der Waals surface area contributed by atoms with Crippen molar-refractivity contribution in [3.05, 3.63) is 64.1 Å². The molecule has 4 nitrogen and oxygen atoms in total. The number of rotatable bonds is 5. The predicted octanol–water partition coefficient (Wildman–Crippen LogP) is 2.74. The highest BCUT2D eigenvalue weighted by atomic mass is 16.1. The number of nitrogens with zero attached hydrogens (tertiary/aromatic N) is 2. The quantitative estimate of drug-likeness (QED) is 0.906. The summed E-state index contributed by atoms with van der Waals surface area (Å²) < 4.78 is 1.69. The van der Waals surface area contributed by atoms with Gasteiger partial charge in [0, 0.05) is 25.4 Å². The van der Waals surface area contributed by atoms with E-state index < -0.39 is 0 Å². The fraction of sp³-hybridized carbons (Fsp3) is 0.250. The summed E-state index contributed by atoms with van der Waals surface area (Å²) in [5.74, 6) is 0.